The van der Waals surface area contributed by atoms with Crippen molar-refractivity contribution in [3.05, 3.63) is 42.7 Å². The number of rotatable bonds is 6. The van der Waals surface area contributed by atoms with Crippen LogP contribution in [0.5, 0.6) is 0 Å². The van der Waals surface area contributed by atoms with Crippen molar-refractivity contribution in [1.29, 1.82) is 0 Å². The normalized spacial score (nSPS) is 17.1. The molecule has 4 nitrogen and oxygen atoms in total. The minimum atomic E-state index is 0.558. The molecule has 4 heteroatoms. The molecule has 2 aromatic rings. The number of para-hydroxylation sites is 2. The van der Waals surface area contributed by atoms with E-state index in [0.717, 1.165) is 25.2 Å². The molecular formula is C18H25N3O. The molecular weight excluding hydrogens is 274 g/mol. The van der Waals surface area contributed by atoms with Gasteiger partial charge in [0.2, 0.25) is 0 Å². The Hall–Kier alpha value is -1.65. The fourth-order valence-corrected chi connectivity index (χ4v) is 3.23. The molecule has 0 spiro atoms. The van der Waals surface area contributed by atoms with Gasteiger partial charge in [0, 0.05) is 12.5 Å². The van der Waals surface area contributed by atoms with E-state index in [1.165, 1.54) is 24.2 Å². The van der Waals surface area contributed by atoms with Gasteiger partial charge in [-0.05, 0) is 45.1 Å². The number of hydrogen-bond donors (Lipinski definition) is 0. The number of aromatic nitrogens is 2. The van der Waals surface area contributed by atoms with Crippen molar-refractivity contribution in [2.45, 2.75) is 25.3 Å². The van der Waals surface area contributed by atoms with Crippen LogP contribution in [0.2, 0.25) is 0 Å². The van der Waals surface area contributed by atoms with Gasteiger partial charge in [0.1, 0.15) is 5.82 Å². The number of piperidine rings is 1. The second kappa shape index (κ2) is 7.07. The van der Waals surface area contributed by atoms with Crippen molar-refractivity contribution in [1.82, 2.24) is 14.5 Å². The van der Waals surface area contributed by atoms with Crippen molar-refractivity contribution >= 4 is 11.0 Å². The monoisotopic (exact) mass is 299 g/mol. The molecule has 0 bridgehead atoms. The Balaban J connectivity index is 1.85. The van der Waals surface area contributed by atoms with Crippen molar-refractivity contribution in [3.63, 3.8) is 0 Å². The molecule has 22 heavy (non-hydrogen) atoms. The van der Waals surface area contributed by atoms with E-state index in [9.17, 15) is 0 Å². The molecule has 0 atom stereocenters. The van der Waals surface area contributed by atoms with E-state index in [-0.39, 0.29) is 0 Å². The molecule has 1 saturated heterocycles. The van der Waals surface area contributed by atoms with Crippen molar-refractivity contribution in [3.8, 4) is 0 Å². The van der Waals surface area contributed by atoms with Crippen LogP contribution in [0.25, 0.3) is 11.0 Å². The minimum Gasteiger partial charge on any atom is -0.376 e. The van der Waals surface area contributed by atoms with Crippen LogP contribution >= 0.6 is 0 Å². The van der Waals surface area contributed by atoms with Gasteiger partial charge in [-0.25, -0.2) is 4.98 Å². The number of imidazole rings is 1. The average molecular weight is 299 g/mol. The van der Waals surface area contributed by atoms with E-state index in [1.54, 1.807) is 6.08 Å². The molecule has 1 aromatic heterocycles. The summed E-state index contributed by atoms with van der Waals surface area (Å²) < 4.78 is 7.95. The van der Waals surface area contributed by atoms with Crippen LogP contribution in [0.4, 0.5) is 0 Å². The van der Waals surface area contributed by atoms with Gasteiger partial charge in [0.25, 0.3) is 0 Å². The molecule has 0 saturated carbocycles. The highest BCUT2D eigenvalue weighted by Crippen LogP contribution is 2.29. The molecule has 0 radical (unpaired) electrons. The van der Waals surface area contributed by atoms with Crippen molar-refractivity contribution in [2.75, 3.05) is 33.4 Å². The predicted molar refractivity (Wildman–Crippen MR) is 90.2 cm³/mol. The van der Waals surface area contributed by atoms with Crippen LogP contribution in [0.3, 0.4) is 0 Å². The topological polar surface area (TPSA) is 30.3 Å². The molecule has 2 heterocycles. The zero-order valence-electron chi connectivity index (χ0n) is 13.4. The summed E-state index contributed by atoms with van der Waals surface area (Å²) in [6.45, 7) is 8.17. The van der Waals surface area contributed by atoms with E-state index >= 15 is 0 Å². The molecule has 1 aliphatic rings. The highest BCUT2D eigenvalue weighted by Gasteiger charge is 2.23. The van der Waals surface area contributed by atoms with Crippen LogP contribution in [0, 0.1) is 0 Å². The molecule has 1 aliphatic heterocycles. The maximum Gasteiger partial charge on any atom is 0.113 e. The quantitative estimate of drug-likeness (QED) is 0.606. The molecule has 118 valence electrons. The van der Waals surface area contributed by atoms with E-state index in [4.69, 9.17) is 9.72 Å². The zero-order valence-corrected chi connectivity index (χ0v) is 13.4. The average Bonchev–Trinajstić information content (AvgIpc) is 2.91. The maximum absolute atomic E-state index is 5.59. The first-order valence-electron chi connectivity index (χ1n) is 8.12. The summed E-state index contributed by atoms with van der Waals surface area (Å²) in [5.74, 6) is 1.79. The molecule has 1 fully saturated rings. The van der Waals surface area contributed by atoms with Crippen LogP contribution in [-0.2, 0) is 11.3 Å². The lowest BCUT2D eigenvalue weighted by molar-refractivity contribution is 0.152. The standard InChI is InChI=1S/C18H25N3O/c1-3-13-22-14-12-21-17-7-5-4-6-16(17)19-18(21)15-8-10-20(2)11-9-15/h3-7,15H,1,8-14H2,2H3. The molecule has 0 unspecified atom stereocenters. The lowest BCUT2D eigenvalue weighted by Gasteiger charge is -2.29. The summed E-state index contributed by atoms with van der Waals surface area (Å²) in [5, 5.41) is 0. The Kier molecular flexibility index (Phi) is 4.90. The van der Waals surface area contributed by atoms with Crippen LogP contribution in [0.15, 0.2) is 36.9 Å². The fraction of sp³-hybridized carbons (Fsp3) is 0.500. The van der Waals surface area contributed by atoms with Gasteiger partial charge < -0.3 is 14.2 Å². The first kappa shape index (κ1) is 15.3. The number of benzene rings is 1. The van der Waals surface area contributed by atoms with Crippen molar-refractivity contribution < 1.29 is 4.74 Å². The maximum atomic E-state index is 5.59. The number of ether oxygens (including phenoxy) is 1. The smallest absolute Gasteiger partial charge is 0.113 e. The molecule has 0 N–H and O–H groups in total. The van der Waals surface area contributed by atoms with Crippen LogP contribution < -0.4 is 0 Å². The zero-order chi connectivity index (χ0) is 15.4. The Morgan fingerprint density at radius 3 is 2.86 bits per heavy atom. The largest absolute Gasteiger partial charge is 0.376 e. The third-order valence-corrected chi connectivity index (χ3v) is 4.46. The Bertz CT molecular complexity index is 626. The van der Waals surface area contributed by atoms with Crippen molar-refractivity contribution in [2.24, 2.45) is 0 Å². The molecule has 3 rings (SSSR count). The second-order valence-corrected chi connectivity index (χ2v) is 6.05. The first-order chi connectivity index (χ1) is 10.8. The number of hydrogen-bond acceptors (Lipinski definition) is 3. The molecule has 1 aromatic carbocycles. The Morgan fingerprint density at radius 2 is 2.09 bits per heavy atom. The van der Waals surface area contributed by atoms with E-state index < -0.39 is 0 Å². The highest BCUT2D eigenvalue weighted by atomic mass is 16.5. The van der Waals surface area contributed by atoms with Gasteiger partial charge in [-0.15, -0.1) is 6.58 Å². The third-order valence-electron chi connectivity index (χ3n) is 4.46. The minimum absolute atomic E-state index is 0.558. The van der Waals surface area contributed by atoms with Gasteiger partial charge in [-0.1, -0.05) is 18.2 Å². The van der Waals surface area contributed by atoms with E-state index in [1.807, 2.05) is 0 Å². The summed E-state index contributed by atoms with van der Waals surface area (Å²) >= 11 is 0. The summed E-state index contributed by atoms with van der Waals surface area (Å²) in [7, 11) is 2.20. The van der Waals surface area contributed by atoms with Gasteiger partial charge >= 0.3 is 0 Å². The highest BCUT2D eigenvalue weighted by molar-refractivity contribution is 5.76. The van der Waals surface area contributed by atoms with Crippen LogP contribution in [0.1, 0.15) is 24.6 Å². The van der Waals surface area contributed by atoms with Gasteiger partial charge in [-0.2, -0.15) is 0 Å². The summed E-state index contributed by atoms with van der Waals surface area (Å²) in [4.78, 5) is 7.33. The molecule has 0 amide bonds. The first-order valence-corrected chi connectivity index (χ1v) is 8.12. The van der Waals surface area contributed by atoms with E-state index in [0.29, 0.717) is 19.1 Å². The van der Waals surface area contributed by atoms with E-state index in [2.05, 4.69) is 47.4 Å². The Morgan fingerprint density at radius 1 is 1.32 bits per heavy atom. The number of fused-ring (bicyclic) bond motifs is 1. The van der Waals surface area contributed by atoms with Gasteiger partial charge in [-0.3, -0.25) is 0 Å². The second-order valence-electron chi connectivity index (χ2n) is 6.05. The lowest BCUT2D eigenvalue weighted by Crippen LogP contribution is -2.30. The van der Waals surface area contributed by atoms with Crippen LogP contribution in [-0.4, -0.2) is 47.8 Å². The predicted octanol–water partition coefficient (Wildman–Crippen LogP) is 3.05. The lowest BCUT2D eigenvalue weighted by atomic mass is 9.96. The van der Waals surface area contributed by atoms with Gasteiger partial charge in [0.05, 0.1) is 24.2 Å². The summed E-state index contributed by atoms with van der Waals surface area (Å²) in [6.07, 6.45) is 4.17. The SMILES string of the molecule is C=CCOCCn1c(C2CCN(C)CC2)nc2ccccc21. The summed E-state index contributed by atoms with van der Waals surface area (Å²) in [5.41, 5.74) is 2.32. The fourth-order valence-electron chi connectivity index (χ4n) is 3.23. The summed E-state index contributed by atoms with van der Waals surface area (Å²) in [6, 6.07) is 8.42. The third kappa shape index (κ3) is 3.23. The number of likely N-dealkylation sites (tertiary alicyclic amines) is 1. The van der Waals surface area contributed by atoms with Gasteiger partial charge in [0.15, 0.2) is 0 Å². The number of nitrogens with zero attached hydrogens (tertiary/aromatic N) is 3. The Labute approximate surface area is 132 Å². The molecule has 0 aliphatic carbocycles.